The molecule has 0 unspecified atom stereocenters. The maximum atomic E-state index is 13.2. The maximum Gasteiger partial charge on any atom is 0.350 e. The lowest BCUT2D eigenvalue weighted by Gasteiger charge is -2.04. The molecule has 9 nitrogen and oxygen atoms in total. The van der Waals surface area contributed by atoms with Crippen LogP contribution in [-0.2, 0) is 4.74 Å². The van der Waals surface area contributed by atoms with Gasteiger partial charge in [-0.3, -0.25) is 9.20 Å². The highest BCUT2D eigenvalue weighted by atomic mass is 32.1. The number of rotatable bonds is 4. The van der Waals surface area contributed by atoms with Crippen molar-refractivity contribution in [2.45, 2.75) is 20.8 Å². The van der Waals surface area contributed by atoms with Gasteiger partial charge in [-0.05, 0) is 32.9 Å². The average Bonchev–Trinajstić information content (AvgIpc) is 3.29. The normalized spacial score (nSPS) is 11.4. The molecule has 0 saturated heterocycles. The number of nitrogens with zero attached hydrogens (tertiary/aromatic N) is 5. The van der Waals surface area contributed by atoms with E-state index in [1.807, 2.05) is 18.2 Å². The van der Waals surface area contributed by atoms with Gasteiger partial charge in [0, 0.05) is 5.56 Å². The molecule has 4 rings (SSSR count). The summed E-state index contributed by atoms with van der Waals surface area (Å²) < 4.78 is 6.42. The Balaban J connectivity index is 1.87. The Morgan fingerprint density at radius 1 is 1.33 bits per heavy atom. The molecule has 0 fully saturated rings. The summed E-state index contributed by atoms with van der Waals surface area (Å²) in [6.45, 7) is 5.30. The van der Waals surface area contributed by atoms with Crippen LogP contribution in [0.1, 0.15) is 33.4 Å². The third kappa shape index (κ3) is 3.05. The number of benzene rings is 1. The van der Waals surface area contributed by atoms with Crippen LogP contribution in [0.4, 0.5) is 10.8 Å². The fraction of sp³-hybridized carbons (Fsp3) is 0.200. The summed E-state index contributed by atoms with van der Waals surface area (Å²) in [7, 11) is 0. The molecule has 1 aromatic carbocycles. The van der Waals surface area contributed by atoms with E-state index in [0.717, 1.165) is 16.9 Å². The molecule has 30 heavy (non-hydrogen) atoms. The number of hydrogen-bond acceptors (Lipinski definition) is 8. The molecular formula is C20H16N6O3S. The molecule has 0 aliphatic carbocycles. The number of esters is 1. The van der Waals surface area contributed by atoms with Crippen molar-refractivity contribution in [3.05, 3.63) is 56.3 Å². The second kappa shape index (κ2) is 7.53. The molecule has 0 aliphatic rings. The van der Waals surface area contributed by atoms with Crippen LogP contribution in [0.25, 0.3) is 16.7 Å². The Morgan fingerprint density at radius 3 is 2.83 bits per heavy atom. The quantitative estimate of drug-likeness (QED) is 0.389. The van der Waals surface area contributed by atoms with Gasteiger partial charge in [-0.1, -0.05) is 23.5 Å². The number of H-pyrrole nitrogens is 1. The van der Waals surface area contributed by atoms with Gasteiger partial charge in [-0.25, -0.2) is 9.78 Å². The lowest BCUT2D eigenvalue weighted by molar-refractivity contribution is 0.0531. The zero-order valence-electron chi connectivity index (χ0n) is 16.4. The Hall–Kier alpha value is -3.84. The second-order valence-corrected chi connectivity index (χ2v) is 7.40. The Bertz CT molecular complexity index is 1440. The minimum Gasteiger partial charge on any atom is -0.462 e. The van der Waals surface area contributed by atoms with E-state index >= 15 is 0 Å². The highest BCUT2D eigenvalue weighted by molar-refractivity contribution is 7.17. The fourth-order valence-electron chi connectivity index (χ4n) is 3.18. The number of hydrogen-bond donors (Lipinski definition) is 1. The number of nitriles is 1. The van der Waals surface area contributed by atoms with E-state index in [2.05, 4.69) is 26.3 Å². The first-order valence-corrected chi connectivity index (χ1v) is 9.90. The third-order valence-electron chi connectivity index (χ3n) is 4.59. The van der Waals surface area contributed by atoms with Gasteiger partial charge in [0.15, 0.2) is 5.69 Å². The van der Waals surface area contributed by atoms with Crippen molar-refractivity contribution in [3.8, 4) is 6.07 Å². The number of aryl methyl sites for hydroxylation is 1. The number of para-hydroxylation sites is 2. The molecule has 10 heteroatoms. The Kier molecular flexibility index (Phi) is 4.89. The summed E-state index contributed by atoms with van der Waals surface area (Å²) >= 11 is 1.03. The van der Waals surface area contributed by atoms with Gasteiger partial charge in [-0.15, -0.1) is 10.2 Å². The van der Waals surface area contributed by atoms with E-state index in [0.29, 0.717) is 32.9 Å². The van der Waals surface area contributed by atoms with Crippen LogP contribution >= 0.6 is 11.3 Å². The van der Waals surface area contributed by atoms with Crippen molar-refractivity contribution in [3.63, 3.8) is 0 Å². The maximum absolute atomic E-state index is 13.2. The smallest absolute Gasteiger partial charge is 0.350 e. The van der Waals surface area contributed by atoms with Gasteiger partial charge in [0.2, 0.25) is 5.13 Å². The van der Waals surface area contributed by atoms with Crippen molar-refractivity contribution < 1.29 is 9.53 Å². The lowest BCUT2D eigenvalue weighted by atomic mass is 10.1. The van der Waals surface area contributed by atoms with E-state index < -0.39 is 11.5 Å². The van der Waals surface area contributed by atoms with Gasteiger partial charge in [0.05, 0.1) is 28.9 Å². The fourth-order valence-corrected chi connectivity index (χ4v) is 3.97. The lowest BCUT2D eigenvalue weighted by Crippen LogP contribution is -2.14. The molecule has 3 aromatic heterocycles. The molecule has 1 N–H and O–H groups in total. The monoisotopic (exact) mass is 420 g/mol. The molecule has 0 bridgehead atoms. The molecule has 0 spiro atoms. The van der Waals surface area contributed by atoms with Gasteiger partial charge in [0.25, 0.3) is 5.56 Å². The van der Waals surface area contributed by atoms with Crippen molar-refractivity contribution in [2.75, 3.05) is 6.61 Å². The molecule has 0 amide bonds. The van der Waals surface area contributed by atoms with Crippen molar-refractivity contribution in [1.82, 2.24) is 14.4 Å². The molecule has 150 valence electrons. The van der Waals surface area contributed by atoms with Gasteiger partial charge < -0.3 is 9.72 Å². The van der Waals surface area contributed by atoms with Gasteiger partial charge in [0.1, 0.15) is 16.6 Å². The SMILES string of the molecule is CCOC(=O)c1sc(N=Nc2c(C)c(C#N)c3[nH]c4ccccc4n3c2=O)nc1C. The topological polar surface area (TPSA) is 125 Å². The van der Waals surface area contributed by atoms with Crippen LogP contribution in [0, 0.1) is 25.2 Å². The Morgan fingerprint density at radius 2 is 2.10 bits per heavy atom. The van der Waals surface area contributed by atoms with E-state index in [4.69, 9.17) is 4.74 Å². The van der Waals surface area contributed by atoms with Crippen LogP contribution in [-0.4, -0.2) is 26.9 Å². The van der Waals surface area contributed by atoms with Crippen LogP contribution in [0.3, 0.4) is 0 Å². The molecule has 3 heterocycles. The van der Waals surface area contributed by atoms with Crippen LogP contribution in [0.15, 0.2) is 39.3 Å². The largest absolute Gasteiger partial charge is 0.462 e. The standard InChI is InChI=1S/C20H16N6O3S/c1-4-29-19(28)16-11(3)22-20(30-16)25-24-15-10(2)12(9-21)17-23-13-7-5-6-8-14(13)26(17)18(15)27/h5-8,23H,4H2,1-3H3. The van der Waals surface area contributed by atoms with E-state index in [1.54, 1.807) is 26.8 Å². The molecular weight excluding hydrogens is 404 g/mol. The number of azo groups is 1. The summed E-state index contributed by atoms with van der Waals surface area (Å²) in [4.78, 5) is 32.8. The molecule has 0 saturated carbocycles. The molecule has 0 aliphatic heterocycles. The number of carbonyl (C=O) groups is 1. The van der Waals surface area contributed by atoms with Crippen molar-refractivity contribution in [2.24, 2.45) is 10.2 Å². The number of thiazole rings is 1. The van der Waals surface area contributed by atoms with Crippen LogP contribution < -0.4 is 5.56 Å². The first-order valence-electron chi connectivity index (χ1n) is 9.08. The zero-order chi connectivity index (χ0) is 21.4. The second-order valence-electron chi connectivity index (χ2n) is 6.42. The zero-order valence-corrected chi connectivity index (χ0v) is 17.2. The molecule has 0 radical (unpaired) electrons. The minimum absolute atomic E-state index is 0.0411. The van der Waals surface area contributed by atoms with Crippen LogP contribution in [0.2, 0.25) is 0 Å². The molecule has 4 aromatic rings. The summed E-state index contributed by atoms with van der Waals surface area (Å²) in [6.07, 6.45) is 0. The number of pyridine rings is 1. The van der Waals surface area contributed by atoms with E-state index in [-0.39, 0.29) is 17.4 Å². The van der Waals surface area contributed by atoms with E-state index in [9.17, 15) is 14.9 Å². The number of fused-ring (bicyclic) bond motifs is 3. The van der Waals surface area contributed by atoms with Crippen molar-refractivity contribution in [1.29, 1.82) is 5.26 Å². The number of imidazole rings is 1. The highest BCUT2D eigenvalue weighted by Gasteiger charge is 2.19. The predicted octanol–water partition coefficient (Wildman–Crippen LogP) is 4.32. The third-order valence-corrected chi connectivity index (χ3v) is 5.61. The number of aromatic amines is 1. The average molecular weight is 420 g/mol. The van der Waals surface area contributed by atoms with E-state index in [1.165, 1.54) is 4.40 Å². The van der Waals surface area contributed by atoms with Gasteiger partial charge in [-0.2, -0.15) is 5.26 Å². The predicted molar refractivity (Wildman–Crippen MR) is 112 cm³/mol. The number of ether oxygens (including phenoxy) is 1. The Labute approximate surface area is 174 Å². The van der Waals surface area contributed by atoms with Crippen molar-refractivity contribution >= 4 is 44.8 Å². The van der Waals surface area contributed by atoms with Gasteiger partial charge >= 0.3 is 5.97 Å². The number of aromatic nitrogens is 3. The van der Waals surface area contributed by atoms with Crippen LogP contribution in [0.5, 0.6) is 0 Å². The summed E-state index contributed by atoms with van der Waals surface area (Å²) in [5.41, 5.74) is 2.62. The minimum atomic E-state index is -0.475. The summed E-state index contributed by atoms with van der Waals surface area (Å²) in [5, 5.41) is 18.1. The summed E-state index contributed by atoms with van der Waals surface area (Å²) in [5.74, 6) is -0.475. The first kappa shape index (κ1) is 19.5. The molecule has 0 atom stereocenters. The highest BCUT2D eigenvalue weighted by Crippen LogP contribution is 2.29. The number of nitrogens with one attached hydrogen (secondary N) is 1. The first-order chi connectivity index (χ1) is 14.5. The number of carbonyl (C=O) groups excluding carboxylic acids is 1. The summed E-state index contributed by atoms with van der Waals surface area (Å²) in [6, 6.07) is 9.41.